The highest BCUT2D eigenvalue weighted by Gasteiger charge is 2.57. The van der Waals surface area contributed by atoms with Crippen LogP contribution in [0.2, 0.25) is 0 Å². The molecule has 4 rings (SSSR count). The molecule has 4 N–H and O–H groups in total. The van der Waals surface area contributed by atoms with Gasteiger partial charge in [0, 0.05) is 40.7 Å². The van der Waals surface area contributed by atoms with Crippen molar-refractivity contribution >= 4 is 11.8 Å². The summed E-state index contributed by atoms with van der Waals surface area (Å²) in [5.74, 6) is -2.00. The van der Waals surface area contributed by atoms with Crippen LogP contribution in [0.15, 0.2) is 48.5 Å². The number of hydrogen-bond acceptors (Lipinski definition) is 9. The molecule has 11 nitrogen and oxygen atoms in total. The molecule has 0 unspecified atom stereocenters. The van der Waals surface area contributed by atoms with Crippen molar-refractivity contribution in [1.82, 2.24) is 15.2 Å². The average molecular weight is 749 g/mol. The SMILES string of the molecule is CCOc1c(CC(N)=O)cc([C@@](O)(CNC(=O)c2ccc(OCC(C)(C)CC(C)(C)N3CCOCC3)c(OC)c2)C(F)(F)F)nc1-c1ccc(F)cc1. The highest BCUT2D eigenvalue weighted by molar-refractivity contribution is 5.95. The summed E-state index contributed by atoms with van der Waals surface area (Å²) in [5, 5.41) is 13.5. The second kappa shape index (κ2) is 16.7. The fourth-order valence-electron chi connectivity index (χ4n) is 6.58. The Kier molecular flexibility index (Phi) is 13.0. The minimum absolute atomic E-state index is 0.0404. The number of aliphatic hydroxyl groups is 1. The van der Waals surface area contributed by atoms with Gasteiger partial charge in [-0.15, -0.1) is 0 Å². The molecule has 0 spiro atoms. The minimum atomic E-state index is -5.37. The molecule has 0 radical (unpaired) electrons. The first-order valence-electron chi connectivity index (χ1n) is 17.2. The lowest BCUT2D eigenvalue weighted by atomic mass is 9.79. The summed E-state index contributed by atoms with van der Waals surface area (Å²) in [7, 11) is 1.37. The maximum Gasteiger partial charge on any atom is 0.424 e. The van der Waals surface area contributed by atoms with E-state index in [9.17, 15) is 32.3 Å². The van der Waals surface area contributed by atoms with Crippen LogP contribution in [0.4, 0.5) is 17.6 Å². The Morgan fingerprint density at radius 3 is 2.25 bits per heavy atom. The van der Waals surface area contributed by atoms with Crippen molar-refractivity contribution in [2.75, 3.05) is 53.2 Å². The van der Waals surface area contributed by atoms with Gasteiger partial charge in [0.25, 0.3) is 5.91 Å². The maximum absolute atomic E-state index is 14.8. The molecular weight excluding hydrogens is 700 g/mol. The fourth-order valence-corrected chi connectivity index (χ4v) is 6.58. The molecular formula is C38H48F4N4O7. The van der Waals surface area contributed by atoms with Crippen molar-refractivity contribution < 1.29 is 51.2 Å². The quantitative estimate of drug-likeness (QED) is 0.164. The lowest BCUT2D eigenvalue weighted by molar-refractivity contribution is -0.265. The number of halogens is 4. The van der Waals surface area contributed by atoms with E-state index in [2.05, 4.69) is 42.9 Å². The number of nitrogens with two attached hydrogens (primary N) is 1. The lowest BCUT2D eigenvalue weighted by Gasteiger charge is -2.44. The number of aromatic nitrogens is 1. The number of nitrogens with one attached hydrogen (secondary N) is 1. The number of rotatable bonds is 16. The Balaban J connectivity index is 1.58. The van der Waals surface area contributed by atoms with E-state index in [1.807, 2.05) is 0 Å². The van der Waals surface area contributed by atoms with Crippen LogP contribution in [-0.2, 0) is 21.6 Å². The number of primary amides is 1. The molecule has 290 valence electrons. The Hall–Kier alpha value is -4.47. The summed E-state index contributed by atoms with van der Waals surface area (Å²) in [6.07, 6.45) is -5.12. The molecule has 2 heterocycles. The van der Waals surface area contributed by atoms with Crippen molar-refractivity contribution in [2.45, 2.75) is 64.8 Å². The van der Waals surface area contributed by atoms with Crippen LogP contribution in [0, 0.1) is 11.2 Å². The zero-order valence-electron chi connectivity index (χ0n) is 30.9. The molecule has 1 aromatic heterocycles. The van der Waals surface area contributed by atoms with Crippen molar-refractivity contribution in [3.63, 3.8) is 0 Å². The Bertz CT molecular complexity index is 1750. The third kappa shape index (κ3) is 10.1. The predicted molar refractivity (Wildman–Crippen MR) is 189 cm³/mol. The molecule has 3 aromatic rings. The molecule has 53 heavy (non-hydrogen) atoms. The second-order valence-corrected chi connectivity index (χ2v) is 14.4. The van der Waals surface area contributed by atoms with Crippen LogP contribution < -0.4 is 25.3 Å². The zero-order chi connectivity index (χ0) is 39.2. The Morgan fingerprint density at radius 2 is 1.66 bits per heavy atom. The van der Waals surface area contributed by atoms with Gasteiger partial charge in [0.15, 0.2) is 11.5 Å². The first-order chi connectivity index (χ1) is 24.8. The van der Waals surface area contributed by atoms with E-state index in [0.717, 1.165) is 37.7 Å². The molecule has 0 saturated carbocycles. The number of methoxy groups -OCH3 is 1. The van der Waals surface area contributed by atoms with Gasteiger partial charge in [-0.2, -0.15) is 13.2 Å². The summed E-state index contributed by atoms with van der Waals surface area (Å²) in [6, 6.07) is 9.73. The number of carbonyl (C=O) groups is 2. The van der Waals surface area contributed by atoms with E-state index in [1.165, 1.54) is 37.4 Å². The van der Waals surface area contributed by atoms with Gasteiger partial charge in [-0.1, -0.05) is 13.8 Å². The first kappa shape index (κ1) is 41.3. The number of benzene rings is 2. The summed E-state index contributed by atoms with van der Waals surface area (Å²) >= 11 is 0. The average Bonchev–Trinajstić information content (AvgIpc) is 3.09. The molecule has 0 bridgehead atoms. The van der Waals surface area contributed by atoms with Crippen LogP contribution in [0.25, 0.3) is 11.3 Å². The van der Waals surface area contributed by atoms with Gasteiger partial charge in [0.05, 0.1) is 52.2 Å². The summed E-state index contributed by atoms with van der Waals surface area (Å²) < 4.78 is 80.8. The van der Waals surface area contributed by atoms with E-state index in [-0.39, 0.29) is 51.4 Å². The number of morpholine rings is 1. The Morgan fingerprint density at radius 1 is 1.00 bits per heavy atom. The van der Waals surface area contributed by atoms with Crippen LogP contribution in [0.5, 0.6) is 17.2 Å². The van der Waals surface area contributed by atoms with Gasteiger partial charge >= 0.3 is 6.18 Å². The fraction of sp³-hybridized carbons (Fsp3) is 0.500. The van der Waals surface area contributed by atoms with Crippen molar-refractivity contribution in [1.29, 1.82) is 0 Å². The molecule has 2 amide bonds. The molecule has 1 aliphatic heterocycles. The summed E-state index contributed by atoms with van der Waals surface area (Å²) in [4.78, 5) is 31.7. The maximum atomic E-state index is 14.8. The minimum Gasteiger partial charge on any atom is -0.493 e. The number of hydrogen-bond donors (Lipinski definition) is 3. The van der Waals surface area contributed by atoms with Crippen LogP contribution in [-0.4, -0.2) is 91.7 Å². The summed E-state index contributed by atoms with van der Waals surface area (Å²) in [6.45, 7) is 12.2. The second-order valence-electron chi connectivity index (χ2n) is 14.4. The molecule has 15 heteroatoms. The third-order valence-corrected chi connectivity index (χ3v) is 9.04. The van der Waals surface area contributed by atoms with Crippen LogP contribution in [0.3, 0.4) is 0 Å². The van der Waals surface area contributed by atoms with Crippen LogP contribution in [0.1, 0.15) is 62.7 Å². The third-order valence-electron chi connectivity index (χ3n) is 9.04. The van der Waals surface area contributed by atoms with E-state index in [4.69, 9.17) is 24.7 Å². The van der Waals surface area contributed by atoms with E-state index >= 15 is 0 Å². The molecule has 1 aliphatic rings. The van der Waals surface area contributed by atoms with Crippen molar-refractivity contribution in [3.8, 4) is 28.5 Å². The largest absolute Gasteiger partial charge is 0.493 e. The zero-order valence-corrected chi connectivity index (χ0v) is 30.9. The van der Waals surface area contributed by atoms with E-state index in [0.29, 0.717) is 25.6 Å². The number of alkyl halides is 3. The highest BCUT2D eigenvalue weighted by atomic mass is 19.4. The molecule has 1 saturated heterocycles. The van der Waals surface area contributed by atoms with Crippen molar-refractivity contribution in [3.05, 3.63) is 71.2 Å². The van der Waals surface area contributed by atoms with Gasteiger partial charge in [-0.25, -0.2) is 9.37 Å². The first-order valence-corrected chi connectivity index (χ1v) is 17.2. The van der Waals surface area contributed by atoms with E-state index < -0.39 is 48.1 Å². The molecule has 0 aliphatic carbocycles. The predicted octanol–water partition coefficient (Wildman–Crippen LogP) is 5.41. The van der Waals surface area contributed by atoms with Crippen LogP contribution >= 0.6 is 0 Å². The van der Waals surface area contributed by atoms with Gasteiger partial charge in [0.1, 0.15) is 17.3 Å². The molecule has 1 fully saturated rings. The number of pyridine rings is 1. The number of ether oxygens (including phenoxy) is 4. The smallest absolute Gasteiger partial charge is 0.424 e. The lowest BCUT2D eigenvalue weighted by Crippen LogP contribution is -2.52. The number of amides is 2. The van der Waals surface area contributed by atoms with Gasteiger partial charge in [-0.05, 0) is 75.7 Å². The number of carbonyl (C=O) groups excluding carboxylic acids is 2. The van der Waals surface area contributed by atoms with Gasteiger partial charge < -0.3 is 35.1 Å². The monoisotopic (exact) mass is 748 g/mol. The molecule has 1 atom stereocenters. The van der Waals surface area contributed by atoms with Gasteiger partial charge in [-0.3, -0.25) is 14.5 Å². The summed E-state index contributed by atoms with van der Waals surface area (Å²) in [5.41, 5.74) is 0.128. The topological polar surface area (TPSA) is 145 Å². The van der Waals surface area contributed by atoms with Gasteiger partial charge in [0.2, 0.25) is 11.5 Å². The normalized spacial score (nSPS) is 15.4. The molecule has 2 aromatic carbocycles. The Labute approximate surface area is 306 Å². The number of nitrogens with zero attached hydrogens (tertiary/aromatic N) is 2. The van der Waals surface area contributed by atoms with E-state index in [1.54, 1.807) is 6.92 Å². The standard InChI is InChI=1S/C38H48F4N4O7/c1-7-52-33-26(20-31(43)47)19-30(45-32(33)24-8-11-27(39)12-9-24)37(49,38(40,41)42)22-44-34(48)25-10-13-28(29(18-25)50-6)53-23-35(2,3)21-36(4,5)46-14-16-51-17-15-46/h8-13,18-19,49H,7,14-17,20-23H2,1-6H3,(H2,43,47)(H,44,48)/t37-/m0/s1. The highest BCUT2D eigenvalue weighted by Crippen LogP contribution is 2.42. The van der Waals surface area contributed by atoms with Crippen molar-refractivity contribution in [2.24, 2.45) is 11.1 Å².